The van der Waals surface area contributed by atoms with Crippen LogP contribution in [0.1, 0.15) is 5.69 Å². The van der Waals surface area contributed by atoms with Crippen molar-refractivity contribution in [1.29, 1.82) is 5.41 Å². The fourth-order valence-electron chi connectivity index (χ4n) is 0.795. The van der Waals surface area contributed by atoms with E-state index in [0.29, 0.717) is 11.4 Å². The zero-order valence-corrected chi connectivity index (χ0v) is 7.84. The van der Waals surface area contributed by atoms with Crippen LogP contribution in [0.3, 0.4) is 0 Å². The SMILES string of the molecule is N=C(N)c1cccc(SCCO)n1. The zero-order valence-electron chi connectivity index (χ0n) is 7.03. The number of nitrogens with two attached hydrogens (primary N) is 1. The van der Waals surface area contributed by atoms with E-state index >= 15 is 0 Å². The Morgan fingerprint density at radius 2 is 2.38 bits per heavy atom. The van der Waals surface area contributed by atoms with E-state index in [1.165, 1.54) is 11.8 Å². The largest absolute Gasteiger partial charge is 0.396 e. The number of nitrogen functional groups attached to an aromatic ring is 1. The van der Waals surface area contributed by atoms with Crippen LogP contribution in [0.4, 0.5) is 0 Å². The molecule has 4 nitrogen and oxygen atoms in total. The first-order chi connectivity index (χ1) is 6.24. The summed E-state index contributed by atoms with van der Waals surface area (Å²) in [5.41, 5.74) is 5.75. The predicted molar refractivity (Wildman–Crippen MR) is 53.1 cm³/mol. The van der Waals surface area contributed by atoms with Gasteiger partial charge in [0, 0.05) is 5.75 Å². The van der Waals surface area contributed by atoms with Gasteiger partial charge in [0.15, 0.2) is 0 Å². The summed E-state index contributed by atoms with van der Waals surface area (Å²) < 4.78 is 0. The number of pyridine rings is 1. The first kappa shape index (κ1) is 10.0. The number of hydrogen-bond acceptors (Lipinski definition) is 4. The number of aliphatic hydroxyl groups is 1. The quantitative estimate of drug-likeness (QED) is 0.372. The number of rotatable bonds is 4. The molecule has 4 N–H and O–H groups in total. The van der Waals surface area contributed by atoms with Crippen molar-refractivity contribution in [2.45, 2.75) is 5.03 Å². The molecular formula is C8H11N3OS. The van der Waals surface area contributed by atoms with Crippen molar-refractivity contribution in [3.05, 3.63) is 23.9 Å². The van der Waals surface area contributed by atoms with Crippen LogP contribution in [0.15, 0.2) is 23.2 Å². The molecular weight excluding hydrogens is 186 g/mol. The Morgan fingerprint density at radius 3 is 3.00 bits per heavy atom. The maximum atomic E-state index is 8.59. The number of nitrogens with one attached hydrogen (secondary N) is 1. The fourth-order valence-corrected chi connectivity index (χ4v) is 1.43. The summed E-state index contributed by atoms with van der Waals surface area (Å²) in [5.74, 6) is 0.570. The average molecular weight is 197 g/mol. The minimum atomic E-state index is -0.0357. The van der Waals surface area contributed by atoms with Crippen molar-refractivity contribution >= 4 is 17.6 Å². The highest BCUT2D eigenvalue weighted by atomic mass is 32.2. The Labute approximate surface area is 80.7 Å². The molecule has 0 aliphatic heterocycles. The van der Waals surface area contributed by atoms with E-state index in [4.69, 9.17) is 16.2 Å². The van der Waals surface area contributed by atoms with Crippen LogP contribution in [-0.4, -0.2) is 28.3 Å². The van der Waals surface area contributed by atoms with E-state index in [2.05, 4.69) is 4.98 Å². The van der Waals surface area contributed by atoms with Crippen molar-refractivity contribution in [3.8, 4) is 0 Å². The Morgan fingerprint density at radius 1 is 1.62 bits per heavy atom. The molecule has 0 radical (unpaired) electrons. The summed E-state index contributed by atoms with van der Waals surface area (Å²) in [6.45, 7) is 0.122. The van der Waals surface area contributed by atoms with E-state index in [0.717, 1.165) is 5.03 Å². The van der Waals surface area contributed by atoms with Gasteiger partial charge < -0.3 is 10.8 Å². The first-order valence-corrected chi connectivity index (χ1v) is 4.77. The van der Waals surface area contributed by atoms with Gasteiger partial charge in [-0.25, -0.2) is 4.98 Å². The molecule has 0 aliphatic rings. The maximum Gasteiger partial charge on any atom is 0.141 e. The molecule has 0 atom stereocenters. The Balaban J connectivity index is 2.73. The summed E-state index contributed by atoms with van der Waals surface area (Å²) in [7, 11) is 0. The zero-order chi connectivity index (χ0) is 9.68. The number of aliphatic hydroxyl groups excluding tert-OH is 1. The van der Waals surface area contributed by atoms with Crippen molar-refractivity contribution in [2.75, 3.05) is 12.4 Å². The van der Waals surface area contributed by atoms with Crippen molar-refractivity contribution < 1.29 is 5.11 Å². The van der Waals surface area contributed by atoms with Crippen LogP contribution in [0.25, 0.3) is 0 Å². The van der Waals surface area contributed by atoms with Crippen molar-refractivity contribution in [3.63, 3.8) is 0 Å². The molecule has 0 spiro atoms. The molecule has 13 heavy (non-hydrogen) atoms. The highest BCUT2D eigenvalue weighted by molar-refractivity contribution is 7.99. The molecule has 0 amide bonds. The van der Waals surface area contributed by atoms with Crippen LogP contribution in [0, 0.1) is 5.41 Å². The lowest BCUT2D eigenvalue weighted by Gasteiger charge is -2.01. The van der Waals surface area contributed by atoms with Gasteiger partial charge in [-0.1, -0.05) is 6.07 Å². The van der Waals surface area contributed by atoms with Crippen LogP contribution >= 0.6 is 11.8 Å². The molecule has 5 heteroatoms. The standard InChI is InChI=1S/C8H11N3OS/c9-8(10)6-2-1-3-7(11-6)13-5-4-12/h1-3,12H,4-5H2,(H3,9,10). The molecule has 1 rings (SSSR count). The normalized spacial score (nSPS) is 9.92. The molecule has 0 unspecified atom stereocenters. The number of nitrogens with zero attached hydrogens (tertiary/aromatic N) is 1. The van der Waals surface area contributed by atoms with Crippen molar-refractivity contribution in [2.24, 2.45) is 5.73 Å². The average Bonchev–Trinajstić information content (AvgIpc) is 2.15. The molecule has 0 aliphatic carbocycles. The third-order valence-corrected chi connectivity index (χ3v) is 2.25. The summed E-state index contributed by atoms with van der Waals surface area (Å²) in [5, 5.41) is 16.5. The van der Waals surface area contributed by atoms with Gasteiger partial charge in [-0.2, -0.15) is 0 Å². The van der Waals surface area contributed by atoms with Crippen LogP contribution in [0.2, 0.25) is 0 Å². The summed E-state index contributed by atoms with van der Waals surface area (Å²) in [4.78, 5) is 4.11. The summed E-state index contributed by atoms with van der Waals surface area (Å²) >= 11 is 1.44. The molecule has 1 heterocycles. The van der Waals surface area contributed by atoms with E-state index in [1.807, 2.05) is 6.07 Å². The van der Waals surface area contributed by atoms with Gasteiger partial charge in [0.05, 0.1) is 11.6 Å². The molecule has 0 fully saturated rings. The molecule has 0 saturated carbocycles. The molecule has 1 aromatic rings. The lowest BCUT2D eigenvalue weighted by molar-refractivity contribution is 0.322. The van der Waals surface area contributed by atoms with Gasteiger partial charge in [-0.05, 0) is 12.1 Å². The lowest BCUT2D eigenvalue weighted by atomic mass is 10.3. The third kappa shape index (κ3) is 3.04. The Bertz CT molecular complexity index is 303. The highest BCUT2D eigenvalue weighted by Gasteiger charge is 1.99. The van der Waals surface area contributed by atoms with Crippen LogP contribution in [0.5, 0.6) is 0 Å². The van der Waals surface area contributed by atoms with Gasteiger partial charge in [0.1, 0.15) is 11.5 Å². The smallest absolute Gasteiger partial charge is 0.141 e. The van der Waals surface area contributed by atoms with Crippen LogP contribution in [-0.2, 0) is 0 Å². The second-order valence-electron chi connectivity index (χ2n) is 2.35. The lowest BCUT2D eigenvalue weighted by Crippen LogP contribution is -2.13. The minimum absolute atomic E-state index is 0.0357. The second kappa shape index (κ2) is 4.84. The van der Waals surface area contributed by atoms with Gasteiger partial charge >= 0.3 is 0 Å². The molecule has 1 aromatic heterocycles. The number of amidine groups is 1. The number of thioether (sulfide) groups is 1. The van der Waals surface area contributed by atoms with Gasteiger partial charge in [-0.15, -0.1) is 11.8 Å². The predicted octanol–water partition coefficient (Wildman–Crippen LogP) is 0.450. The third-order valence-electron chi connectivity index (χ3n) is 1.34. The van der Waals surface area contributed by atoms with E-state index < -0.39 is 0 Å². The Kier molecular flexibility index (Phi) is 3.72. The summed E-state index contributed by atoms with van der Waals surface area (Å²) in [6, 6.07) is 5.31. The van der Waals surface area contributed by atoms with Gasteiger partial charge in [0.2, 0.25) is 0 Å². The first-order valence-electron chi connectivity index (χ1n) is 3.79. The molecule has 0 aromatic carbocycles. The maximum absolute atomic E-state index is 8.59. The van der Waals surface area contributed by atoms with Gasteiger partial charge in [0.25, 0.3) is 0 Å². The van der Waals surface area contributed by atoms with Crippen molar-refractivity contribution in [1.82, 2.24) is 4.98 Å². The Hall–Kier alpha value is -1.07. The number of aromatic nitrogens is 1. The minimum Gasteiger partial charge on any atom is -0.396 e. The van der Waals surface area contributed by atoms with E-state index in [1.54, 1.807) is 12.1 Å². The summed E-state index contributed by atoms with van der Waals surface area (Å²) in [6.07, 6.45) is 0. The van der Waals surface area contributed by atoms with E-state index in [9.17, 15) is 0 Å². The monoisotopic (exact) mass is 197 g/mol. The molecule has 0 saturated heterocycles. The highest BCUT2D eigenvalue weighted by Crippen LogP contribution is 2.14. The topological polar surface area (TPSA) is 83.0 Å². The molecule has 0 bridgehead atoms. The van der Waals surface area contributed by atoms with E-state index in [-0.39, 0.29) is 12.4 Å². The second-order valence-corrected chi connectivity index (χ2v) is 3.46. The van der Waals surface area contributed by atoms with Crippen LogP contribution < -0.4 is 5.73 Å². The van der Waals surface area contributed by atoms with Gasteiger partial charge in [-0.3, -0.25) is 5.41 Å². The fraction of sp³-hybridized carbons (Fsp3) is 0.250. The molecule has 70 valence electrons. The number of hydrogen-bond donors (Lipinski definition) is 3.